The van der Waals surface area contributed by atoms with Crippen molar-refractivity contribution in [1.29, 1.82) is 0 Å². The van der Waals surface area contributed by atoms with Gasteiger partial charge in [-0.15, -0.1) is 11.3 Å². The normalized spacial score (nSPS) is 15.3. The molecule has 29 heavy (non-hydrogen) atoms. The van der Waals surface area contributed by atoms with E-state index in [9.17, 15) is 9.59 Å². The van der Waals surface area contributed by atoms with Gasteiger partial charge in [0.25, 0.3) is 5.91 Å². The van der Waals surface area contributed by atoms with Crippen LogP contribution in [-0.4, -0.2) is 41.6 Å². The minimum atomic E-state index is -0.576. The van der Waals surface area contributed by atoms with Crippen molar-refractivity contribution in [2.24, 2.45) is 0 Å². The summed E-state index contributed by atoms with van der Waals surface area (Å²) in [4.78, 5) is 28.4. The van der Waals surface area contributed by atoms with Crippen LogP contribution in [-0.2, 0) is 17.7 Å². The highest BCUT2D eigenvalue weighted by Crippen LogP contribution is 2.25. The molecule has 7 heteroatoms. The van der Waals surface area contributed by atoms with Crippen LogP contribution in [0.2, 0.25) is 0 Å². The lowest BCUT2D eigenvalue weighted by atomic mass is 10.1. The van der Waals surface area contributed by atoms with Gasteiger partial charge >= 0.3 is 6.09 Å². The lowest BCUT2D eigenvalue weighted by molar-refractivity contribution is 0.0635. The van der Waals surface area contributed by atoms with Crippen molar-refractivity contribution < 1.29 is 14.3 Å². The van der Waals surface area contributed by atoms with Gasteiger partial charge < -0.3 is 10.1 Å². The van der Waals surface area contributed by atoms with Crippen molar-refractivity contribution in [2.45, 2.75) is 52.3 Å². The molecule has 0 bridgehead atoms. The number of ether oxygens (including phenoxy) is 1. The summed E-state index contributed by atoms with van der Waals surface area (Å²) in [5.41, 5.74) is 1.86. The van der Waals surface area contributed by atoms with Crippen LogP contribution in [0.1, 0.15) is 48.5 Å². The van der Waals surface area contributed by atoms with E-state index in [1.54, 1.807) is 45.0 Å². The molecule has 6 nitrogen and oxygen atoms in total. The Balaban J connectivity index is 1.52. The Morgan fingerprint density at radius 2 is 2.07 bits per heavy atom. The number of fused-ring (bicyclic) bond motifs is 1. The first-order valence-corrected chi connectivity index (χ1v) is 10.8. The molecule has 0 spiro atoms. The number of anilines is 1. The fourth-order valence-corrected chi connectivity index (χ4v) is 4.17. The first-order valence-electron chi connectivity index (χ1n) is 9.89. The SMILES string of the molecule is CC(CNC(=O)c1cccc(NC(=O)OC(C)(C)C)c1)N1CCc2sccc2C1. The summed E-state index contributed by atoms with van der Waals surface area (Å²) in [6.45, 7) is 10.1. The molecule has 2 amide bonds. The third-order valence-electron chi connectivity index (χ3n) is 4.79. The largest absolute Gasteiger partial charge is 0.444 e. The Hall–Kier alpha value is -2.38. The Kier molecular flexibility index (Phi) is 6.59. The van der Waals surface area contributed by atoms with Crippen LogP contribution < -0.4 is 10.6 Å². The quantitative estimate of drug-likeness (QED) is 0.765. The molecule has 1 atom stereocenters. The third-order valence-corrected chi connectivity index (χ3v) is 5.81. The van der Waals surface area contributed by atoms with E-state index in [-0.39, 0.29) is 11.9 Å². The van der Waals surface area contributed by atoms with E-state index in [4.69, 9.17) is 4.74 Å². The van der Waals surface area contributed by atoms with Crippen LogP contribution >= 0.6 is 11.3 Å². The topological polar surface area (TPSA) is 70.7 Å². The molecular weight excluding hydrogens is 386 g/mol. The van der Waals surface area contributed by atoms with E-state index in [2.05, 4.69) is 33.9 Å². The molecule has 2 heterocycles. The minimum absolute atomic E-state index is 0.155. The number of amides is 2. The number of hydrogen-bond acceptors (Lipinski definition) is 5. The molecular formula is C22H29N3O3S. The molecule has 0 saturated carbocycles. The zero-order valence-electron chi connectivity index (χ0n) is 17.5. The Labute approximate surface area is 176 Å². The number of carbonyl (C=O) groups excluding carboxylic acids is 2. The molecule has 0 saturated heterocycles. The van der Waals surface area contributed by atoms with Gasteiger partial charge in [-0.05, 0) is 69.3 Å². The number of hydrogen-bond donors (Lipinski definition) is 2. The molecule has 1 unspecified atom stereocenters. The van der Waals surface area contributed by atoms with Crippen molar-refractivity contribution in [2.75, 3.05) is 18.4 Å². The van der Waals surface area contributed by atoms with Gasteiger partial charge in [-0.1, -0.05) is 6.07 Å². The smallest absolute Gasteiger partial charge is 0.412 e. The standard InChI is InChI=1S/C22H29N3O3S/c1-15(25-10-8-19-17(14-25)9-11-29-19)13-23-20(26)16-6-5-7-18(12-16)24-21(27)28-22(2,3)4/h5-7,9,11-12,15H,8,10,13-14H2,1-4H3,(H,23,26)(H,24,27). The molecule has 0 aliphatic carbocycles. The molecule has 1 aromatic heterocycles. The second-order valence-electron chi connectivity index (χ2n) is 8.36. The highest BCUT2D eigenvalue weighted by atomic mass is 32.1. The maximum Gasteiger partial charge on any atom is 0.412 e. The fraction of sp³-hybridized carbons (Fsp3) is 0.455. The lowest BCUT2D eigenvalue weighted by Gasteiger charge is -2.32. The molecule has 0 radical (unpaired) electrons. The number of benzene rings is 1. The van der Waals surface area contributed by atoms with Crippen LogP contribution in [0, 0.1) is 0 Å². The summed E-state index contributed by atoms with van der Waals surface area (Å²) in [5, 5.41) is 7.83. The Bertz CT molecular complexity index is 872. The summed E-state index contributed by atoms with van der Waals surface area (Å²) in [7, 11) is 0. The summed E-state index contributed by atoms with van der Waals surface area (Å²) < 4.78 is 5.25. The van der Waals surface area contributed by atoms with Gasteiger partial charge in [0.15, 0.2) is 0 Å². The van der Waals surface area contributed by atoms with Crippen molar-refractivity contribution >= 4 is 29.0 Å². The summed E-state index contributed by atoms with van der Waals surface area (Å²) in [5.74, 6) is -0.155. The lowest BCUT2D eigenvalue weighted by Crippen LogP contribution is -2.44. The second kappa shape index (κ2) is 8.97. The van der Waals surface area contributed by atoms with Crippen LogP contribution in [0.3, 0.4) is 0 Å². The second-order valence-corrected chi connectivity index (χ2v) is 9.36. The van der Waals surface area contributed by atoms with E-state index in [1.807, 2.05) is 11.3 Å². The maximum absolute atomic E-state index is 12.6. The van der Waals surface area contributed by atoms with E-state index < -0.39 is 11.7 Å². The molecule has 156 valence electrons. The Morgan fingerprint density at radius 3 is 2.83 bits per heavy atom. The van der Waals surface area contributed by atoms with Gasteiger partial charge in [0.1, 0.15) is 5.60 Å². The van der Waals surface area contributed by atoms with Crippen LogP contribution in [0.4, 0.5) is 10.5 Å². The van der Waals surface area contributed by atoms with Crippen LogP contribution in [0.25, 0.3) is 0 Å². The zero-order valence-corrected chi connectivity index (χ0v) is 18.3. The molecule has 1 aromatic carbocycles. The van der Waals surface area contributed by atoms with Gasteiger partial charge in [-0.3, -0.25) is 15.0 Å². The van der Waals surface area contributed by atoms with Crippen LogP contribution in [0.5, 0.6) is 0 Å². The highest BCUT2D eigenvalue weighted by molar-refractivity contribution is 7.10. The monoisotopic (exact) mass is 415 g/mol. The highest BCUT2D eigenvalue weighted by Gasteiger charge is 2.22. The molecule has 3 rings (SSSR count). The van der Waals surface area contributed by atoms with Gasteiger partial charge in [-0.25, -0.2) is 4.79 Å². The van der Waals surface area contributed by atoms with E-state index in [0.717, 1.165) is 19.5 Å². The van der Waals surface area contributed by atoms with Gasteiger partial charge in [-0.2, -0.15) is 0 Å². The number of carbonyl (C=O) groups is 2. The first-order chi connectivity index (χ1) is 13.7. The molecule has 1 aliphatic rings. The fourth-order valence-electron chi connectivity index (χ4n) is 3.28. The molecule has 1 aliphatic heterocycles. The zero-order chi connectivity index (χ0) is 21.0. The van der Waals surface area contributed by atoms with E-state index in [1.165, 1.54) is 10.4 Å². The van der Waals surface area contributed by atoms with Crippen LogP contribution in [0.15, 0.2) is 35.7 Å². The van der Waals surface area contributed by atoms with Gasteiger partial charge in [0, 0.05) is 41.8 Å². The Morgan fingerprint density at radius 1 is 1.28 bits per heavy atom. The first kappa shape index (κ1) is 21.3. The average Bonchev–Trinajstić information content (AvgIpc) is 3.12. The number of rotatable bonds is 5. The molecule has 2 aromatic rings. The van der Waals surface area contributed by atoms with Crippen molar-refractivity contribution in [1.82, 2.24) is 10.2 Å². The molecule has 0 fully saturated rings. The summed E-state index contributed by atoms with van der Waals surface area (Å²) in [6.07, 6.45) is 0.533. The predicted octanol–water partition coefficient (Wildman–Crippen LogP) is 4.27. The number of nitrogens with zero attached hydrogens (tertiary/aromatic N) is 1. The summed E-state index contributed by atoms with van der Waals surface area (Å²) in [6, 6.07) is 9.31. The van der Waals surface area contributed by atoms with Gasteiger partial charge in [0.05, 0.1) is 0 Å². The third kappa shape index (κ3) is 6.05. The van der Waals surface area contributed by atoms with Crippen molar-refractivity contribution in [3.8, 4) is 0 Å². The number of nitrogens with one attached hydrogen (secondary N) is 2. The maximum atomic E-state index is 12.6. The van der Waals surface area contributed by atoms with E-state index in [0.29, 0.717) is 17.8 Å². The minimum Gasteiger partial charge on any atom is -0.444 e. The predicted molar refractivity (Wildman–Crippen MR) is 117 cm³/mol. The summed E-state index contributed by atoms with van der Waals surface area (Å²) >= 11 is 1.83. The van der Waals surface area contributed by atoms with Gasteiger partial charge in [0.2, 0.25) is 0 Å². The van der Waals surface area contributed by atoms with E-state index >= 15 is 0 Å². The number of thiophene rings is 1. The van der Waals surface area contributed by atoms with Crippen molar-refractivity contribution in [3.05, 3.63) is 51.7 Å². The average molecular weight is 416 g/mol. The molecule has 2 N–H and O–H groups in total. The van der Waals surface area contributed by atoms with Crippen molar-refractivity contribution in [3.63, 3.8) is 0 Å².